The van der Waals surface area contributed by atoms with Crippen LogP contribution in [0.3, 0.4) is 0 Å². The number of fused-ring (bicyclic) bond motifs is 8. The van der Waals surface area contributed by atoms with E-state index in [9.17, 15) is 9.59 Å². The van der Waals surface area contributed by atoms with Crippen LogP contribution in [0.15, 0.2) is 60.7 Å². The van der Waals surface area contributed by atoms with Crippen molar-refractivity contribution < 1.29 is 23.8 Å². The maximum absolute atomic E-state index is 13.4. The molecule has 41 heavy (non-hydrogen) atoms. The Bertz CT molecular complexity index is 1610. The first kappa shape index (κ1) is 26.9. The Kier molecular flexibility index (Phi) is 7.42. The molecule has 0 saturated carbocycles. The van der Waals surface area contributed by atoms with Crippen molar-refractivity contribution in [3.63, 3.8) is 0 Å². The van der Waals surface area contributed by atoms with Gasteiger partial charge >= 0.3 is 0 Å². The Labute approximate surface area is 242 Å². The lowest BCUT2D eigenvalue weighted by molar-refractivity contribution is -0.123. The predicted molar refractivity (Wildman–Crippen MR) is 153 cm³/mol. The normalized spacial score (nSPS) is 19.6. The van der Waals surface area contributed by atoms with Crippen LogP contribution in [-0.2, 0) is 24.9 Å². The Morgan fingerprint density at radius 1 is 1.10 bits per heavy atom. The molecule has 3 aliphatic rings. The van der Waals surface area contributed by atoms with Gasteiger partial charge in [-0.15, -0.1) is 0 Å². The van der Waals surface area contributed by atoms with E-state index in [-0.39, 0.29) is 30.6 Å². The maximum Gasteiger partial charge on any atom is 0.258 e. The summed E-state index contributed by atoms with van der Waals surface area (Å²) in [5.74, 6) is 0.841. The van der Waals surface area contributed by atoms with Crippen LogP contribution in [0.4, 0.5) is 0 Å². The van der Waals surface area contributed by atoms with Crippen molar-refractivity contribution >= 4 is 34.3 Å². The fourth-order valence-electron chi connectivity index (χ4n) is 5.35. The number of amides is 2. The summed E-state index contributed by atoms with van der Waals surface area (Å²) in [4.78, 5) is 28.0. The van der Waals surface area contributed by atoms with Gasteiger partial charge in [-0.1, -0.05) is 29.8 Å². The lowest BCUT2D eigenvalue weighted by Gasteiger charge is -2.21. The van der Waals surface area contributed by atoms with Gasteiger partial charge in [0.15, 0.2) is 18.1 Å². The standard InChI is InChI=1S/C30H30ClN5O5/c1-35-24-5-3-4-21(31)29(24)23(34-35)15-36-14-22-27(16-36)41-20-9-6-18(7-10-20)13-32-28(37)17-40-26-12-19(30(38)33-22)8-11-25(26)39-2/h3-12,22,27H,13-17H2,1-2H3,(H,32,37)(H,33,38)/t22-,27-/m0/s1. The molecule has 4 heterocycles. The fourth-order valence-corrected chi connectivity index (χ4v) is 5.63. The second-order valence-electron chi connectivity index (χ2n) is 10.2. The number of nitrogens with zero attached hydrogens (tertiary/aromatic N) is 3. The van der Waals surface area contributed by atoms with Gasteiger partial charge in [0.25, 0.3) is 11.8 Å². The third kappa shape index (κ3) is 5.66. The molecular weight excluding hydrogens is 546 g/mol. The lowest BCUT2D eigenvalue weighted by Crippen LogP contribution is -2.45. The zero-order valence-electron chi connectivity index (χ0n) is 22.7. The molecule has 2 atom stereocenters. The zero-order valence-corrected chi connectivity index (χ0v) is 23.5. The number of ether oxygens (including phenoxy) is 3. The molecule has 1 fully saturated rings. The Morgan fingerprint density at radius 2 is 1.93 bits per heavy atom. The minimum atomic E-state index is -0.320. The highest BCUT2D eigenvalue weighted by molar-refractivity contribution is 6.35. The van der Waals surface area contributed by atoms with Gasteiger partial charge in [0.2, 0.25) is 0 Å². The van der Waals surface area contributed by atoms with E-state index >= 15 is 0 Å². The minimum Gasteiger partial charge on any atom is -0.493 e. The molecule has 3 aromatic carbocycles. The lowest BCUT2D eigenvalue weighted by atomic mass is 10.1. The van der Waals surface area contributed by atoms with E-state index in [1.807, 2.05) is 54.2 Å². The third-order valence-corrected chi connectivity index (χ3v) is 7.73. The Balaban J connectivity index is 1.30. The molecular formula is C30H30ClN5O5. The van der Waals surface area contributed by atoms with Crippen molar-refractivity contribution in [3.05, 3.63) is 82.5 Å². The number of nitrogens with one attached hydrogen (secondary N) is 2. The number of hydrogen-bond acceptors (Lipinski definition) is 7. The molecule has 7 rings (SSSR count). The van der Waals surface area contributed by atoms with E-state index in [0.29, 0.717) is 54.0 Å². The van der Waals surface area contributed by atoms with Crippen molar-refractivity contribution in [3.8, 4) is 17.2 Å². The Hall–Kier alpha value is -4.28. The second kappa shape index (κ2) is 11.3. The van der Waals surface area contributed by atoms with E-state index in [4.69, 9.17) is 30.9 Å². The minimum absolute atomic E-state index is 0.214. The molecule has 0 spiro atoms. The largest absolute Gasteiger partial charge is 0.493 e. The molecule has 1 aromatic heterocycles. The fraction of sp³-hybridized carbons (Fsp3) is 0.300. The zero-order chi connectivity index (χ0) is 28.5. The number of halogens is 1. The Morgan fingerprint density at radius 3 is 2.73 bits per heavy atom. The SMILES string of the molecule is COc1ccc2cc1OCC(=O)NCc1ccc(cc1)O[C@H]1CN(Cc3nn(C)c4cccc(Cl)c34)C[C@@H]1NC2=O. The van der Waals surface area contributed by atoms with E-state index < -0.39 is 0 Å². The van der Waals surface area contributed by atoms with Crippen LogP contribution in [0.25, 0.3) is 10.9 Å². The number of aromatic nitrogens is 2. The van der Waals surface area contributed by atoms with Gasteiger partial charge in [-0.2, -0.15) is 5.10 Å². The maximum atomic E-state index is 13.4. The average molecular weight is 576 g/mol. The van der Waals surface area contributed by atoms with E-state index in [1.54, 1.807) is 18.2 Å². The second-order valence-corrected chi connectivity index (χ2v) is 10.6. The third-order valence-electron chi connectivity index (χ3n) is 7.42. The average Bonchev–Trinajstić information content (AvgIpc) is 3.50. The van der Waals surface area contributed by atoms with Gasteiger partial charge < -0.3 is 24.8 Å². The molecule has 3 aliphatic heterocycles. The summed E-state index contributed by atoms with van der Waals surface area (Å²) >= 11 is 6.56. The van der Waals surface area contributed by atoms with E-state index in [0.717, 1.165) is 22.2 Å². The molecule has 4 bridgehead atoms. The molecule has 0 aliphatic carbocycles. The number of benzene rings is 3. The number of carbonyl (C=O) groups excluding carboxylic acids is 2. The van der Waals surface area contributed by atoms with Gasteiger partial charge in [0, 0.05) is 44.2 Å². The van der Waals surface area contributed by atoms with Crippen LogP contribution >= 0.6 is 11.6 Å². The molecule has 1 saturated heterocycles. The summed E-state index contributed by atoms with van der Waals surface area (Å²) in [7, 11) is 3.41. The first-order valence-electron chi connectivity index (χ1n) is 13.3. The molecule has 11 heteroatoms. The number of hydrogen-bond donors (Lipinski definition) is 2. The van der Waals surface area contributed by atoms with E-state index in [2.05, 4.69) is 15.5 Å². The summed E-state index contributed by atoms with van der Waals surface area (Å²) in [5, 5.41) is 12.3. The summed E-state index contributed by atoms with van der Waals surface area (Å²) in [5.41, 5.74) is 3.14. The topological polar surface area (TPSA) is 107 Å². The van der Waals surface area contributed by atoms with Gasteiger partial charge in [-0.3, -0.25) is 19.2 Å². The highest BCUT2D eigenvalue weighted by atomic mass is 35.5. The van der Waals surface area contributed by atoms with Crippen molar-refractivity contribution in [2.24, 2.45) is 7.05 Å². The van der Waals surface area contributed by atoms with Crippen LogP contribution in [0.2, 0.25) is 5.02 Å². The van der Waals surface area contributed by atoms with Crippen LogP contribution in [0, 0.1) is 0 Å². The van der Waals surface area contributed by atoms with Crippen molar-refractivity contribution in [1.29, 1.82) is 0 Å². The monoisotopic (exact) mass is 575 g/mol. The number of rotatable bonds is 3. The van der Waals surface area contributed by atoms with Crippen LogP contribution in [0.5, 0.6) is 17.2 Å². The number of carbonyl (C=O) groups is 2. The first-order chi connectivity index (χ1) is 19.9. The first-order valence-corrected chi connectivity index (χ1v) is 13.7. The highest BCUT2D eigenvalue weighted by Crippen LogP contribution is 2.30. The van der Waals surface area contributed by atoms with Gasteiger partial charge in [-0.25, -0.2) is 0 Å². The smallest absolute Gasteiger partial charge is 0.258 e. The summed E-state index contributed by atoms with van der Waals surface area (Å²) in [6, 6.07) is 17.9. The molecule has 0 unspecified atom stereocenters. The van der Waals surface area contributed by atoms with Gasteiger partial charge in [0.1, 0.15) is 11.9 Å². The molecule has 2 N–H and O–H groups in total. The number of methoxy groups -OCH3 is 1. The van der Waals surface area contributed by atoms with Crippen molar-refractivity contribution in [2.45, 2.75) is 25.2 Å². The van der Waals surface area contributed by atoms with Gasteiger partial charge in [0.05, 0.1) is 29.4 Å². The quantitative estimate of drug-likeness (QED) is 0.386. The van der Waals surface area contributed by atoms with Gasteiger partial charge in [-0.05, 0) is 48.0 Å². The van der Waals surface area contributed by atoms with E-state index in [1.165, 1.54) is 7.11 Å². The van der Waals surface area contributed by atoms with Crippen molar-refractivity contribution in [1.82, 2.24) is 25.3 Å². The van der Waals surface area contributed by atoms with Crippen LogP contribution < -0.4 is 24.8 Å². The molecule has 10 nitrogen and oxygen atoms in total. The molecule has 0 radical (unpaired) electrons. The van der Waals surface area contributed by atoms with Crippen LogP contribution in [0.1, 0.15) is 21.6 Å². The summed E-state index contributed by atoms with van der Waals surface area (Å²) in [6.45, 7) is 1.80. The van der Waals surface area contributed by atoms with Crippen molar-refractivity contribution in [2.75, 3.05) is 26.8 Å². The predicted octanol–water partition coefficient (Wildman–Crippen LogP) is 3.31. The number of aryl methyl sites for hydroxylation is 1. The number of likely N-dealkylation sites (tertiary alicyclic amines) is 1. The molecule has 2 amide bonds. The molecule has 212 valence electrons. The molecule has 4 aromatic rings. The summed E-state index contributed by atoms with van der Waals surface area (Å²) < 4.78 is 19.4. The summed E-state index contributed by atoms with van der Waals surface area (Å²) in [6.07, 6.45) is -0.320. The van der Waals surface area contributed by atoms with Crippen LogP contribution in [-0.4, -0.2) is 65.4 Å². The highest BCUT2D eigenvalue weighted by Gasteiger charge is 2.36.